The van der Waals surface area contributed by atoms with Gasteiger partial charge in [-0.25, -0.2) is 4.39 Å². The van der Waals surface area contributed by atoms with E-state index in [1.807, 2.05) is 17.8 Å². The van der Waals surface area contributed by atoms with E-state index >= 15 is 0 Å². The fraction of sp³-hybridized carbons (Fsp3) is 0.308. The zero-order chi connectivity index (χ0) is 12.1. The van der Waals surface area contributed by atoms with Gasteiger partial charge in [0.2, 0.25) is 0 Å². The molecule has 0 radical (unpaired) electrons. The number of hydrogen-bond donors (Lipinski definition) is 1. The molecule has 0 fully saturated rings. The topological polar surface area (TPSA) is 24.9 Å². The van der Waals surface area contributed by atoms with Crippen molar-refractivity contribution in [3.05, 3.63) is 52.2 Å². The number of thiazole rings is 1. The van der Waals surface area contributed by atoms with Gasteiger partial charge in [0, 0.05) is 23.5 Å². The average molecular weight is 250 g/mol. The smallest absolute Gasteiger partial charge is 0.123 e. The third-order valence-electron chi connectivity index (χ3n) is 2.59. The first-order valence-electron chi connectivity index (χ1n) is 5.66. The van der Waals surface area contributed by atoms with Crippen LogP contribution >= 0.6 is 11.3 Å². The summed E-state index contributed by atoms with van der Waals surface area (Å²) in [4.78, 5) is 5.27. The molecule has 2 rings (SSSR count). The van der Waals surface area contributed by atoms with Gasteiger partial charge in [0.15, 0.2) is 0 Å². The monoisotopic (exact) mass is 250 g/mol. The van der Waals surface area contributed by atoms with Crippen LogP contribution in [0, 0.1) is 5.82 Å². The van der Waals surface area contributed by atoms with Gasteiger partial charge in [0.05, 0.1) is 5.51 Å². The molecule has 0 aliphatic heterocycles. The molecule has 90 valence electrons. The van der Waals surface area contributed by atoms with Crippen LogP contribution in [0.25, 0.3) is 0 Å². The van der Waals surface area contributed by atoms with Crippen LogP contribution in [0.5, 0.6) is 0 Å². The molecular formula is C13H15FN2S. The molecule has 1 unspecified atom stereocenters. The van der Waals surface area contributed by atoms with E-state index < -0.39 is 0 Å². The first kappa shape index (κ1) is 12.2. The molecule has 0 aliphatic rings. The minimum Gasteiger partial charge on any atom is -0.310 e. The van der Waals surface area contributed by atoms with Gasteiger partial charge in [-0.15, -0.1) is 11.3 Å². The van der Waals surface area contributed by atoms with E-state index in [4.69, 9.17) is 0 Å². The van der Waals surface area contributed by atoms with E-state index in [-0.39, 0.29) is 11.9 Å². The van der Waals surface area contributed by atoms with Crippen LogP contribution in [-0.4, -0.2) is 11.5 Å². The van der Waals surface area contributed by atoms with Crippen LogP contribution in [0.2, 0.25) is 0 Å². The Labute approximate surface area is 105 Å². The fourth-order valence-corrected chi connectivity index (χ4v) is 2.46. The van der Waals surface area contributed by atoms with Gasteiger partial charge in [-0.2, -0.15) is 0 Å². The summed E-state index contributed by atoms with van der Waals surface area (Å²) >= 11 is 1.63. The zero-order valence-corrected chi connectivity index (χ0v) is 10.5. The number of hydrogen-bond acceptors (Lipinski definition) is 3. The van der Waals surface area contributed by atoms with Crippen molar-refractivity contribution in [2.75, 3.05) is 6.54 Å². The molecule has 0 amide bonds. The maximum absolute atomic E-state index is 13.2. The third kappa shape index (κ3) is 3.35. The highest BCUT2D eigenvalue weighted by molar-refractivity contribution is 7.09. The molecule has 2 nitrogen and oxygen atoms in total. The van der Waals surface area contributed by atoms with Crippen LogP contribution in [0.15, 0.2) is 36.0 Å². The van der Waals surface area contributed by atoms with Gasteiger partial charge >= 0.3 is 0 Å². The molecule has 4 heteroatoms. The Balaban J connectivity index is 2.16. The number of nitrogens with zero attached hydrogens (tertiary/aromatic N) is 1. The van der Waals surface area contributed by atoms with Crippen LogP contribution in [0.1, 0.15) is 23.4 Å². The molecule has 0 spiro atoms. The zero-order valence-electron chi connectivity index (χ0n) is 9.69. The van der Waals surface area contributed by atoms with E-state index in [1.54, 1.807) is 23.5 Å². The number of rotatable bonds is 5. The number of likely N-dealkylation sites (N-methyl/N-ethyl adjacent to an activating group) is 1. The fourth-order valence-electron chi connectivity index (χ4n) is 1.82. The lowest BCUT2D eigenvalue weighted by atomic mass is 10.0. The first-order valence-corrected chi connectivity index (χ1v) is 6.53. The molecule has 1 heterocycles. The summed E-state index contributed by atoms with van der Waals surface area (Å²) in [6.45, 7) is 2.92. The van der Waals surface area contributed by atoms with E-state index in [0.717, 1.165) is 18.5 Å². The van der Waals surface area contributed by atoms with Crippen LogP contribution < -0.4 is 5.32 Å². The molecule has 2 aromatic rings. The van der Waals surface area contributed by atoms with Gasteiger partial charge in [-0.05, 0) is 24.2 Å². The summed E-state index contributed by atoms with van der Waals surface area (Å²) in [5, 5.41) is 3.38. The van der Waals surface area contributed by atoms with Gasteiger partial charge in [-0.3, -0.25) is 4.98 Å². The highest BCUT2D eigenvalue weighted by atomic mass is 32.1. The number of halogens is 1. The minimum absolute atomic E-state index is 0.149. The molecule has 0 saturated carbocycles. The Kier molecular flexibility index (Phi) is 4.23. The molecule has 1 aromatic carbocycles. The molecule has 0 saturated heterocycles. The van der Waals surface area contributed by atoms with Crippen molar-refractivity contribution in [1.82, 2.24) is 10.3 Å². The quantitative estimate of drug-likeness (QED) is 0.881. The predicted molar refractivity (Wildman–Crippen MR) is 68.6 cm³/mol. The van der Waals surface area contributed by atoms with Gasteiger partial charge in [0.25, 0.3) is 0 Å². The maximum Gasteiger partial charge on any atom is 0.123 e. The Morgan fingerprint density at radius 3 is 3.00 bits per heavy atom. The van der Waals surface area contributed by atoms with E-state index in [2.05, 4.69) is 17.2 Å². The molecule has 1 aromatic heterocycles. The number of nitrogens with one attached hydrogen (secondary N) is 1. The van der Waals surface area contributed by atoms with E-state index in [0.29, 0.717) is 0 Å². The Bertz CT molecular complexity index is 456. The van der Waals surface area contributed by atoms with Crippen molar-refractivity contribution in [1.29, 1.82) is 0 Å². The van der Waals surface area contributed by atoms with Crippen molar-refractivity contribution < 1.29 is 4.39 Å². The van der Waals surface area contributed by atoms with Crippen molar-refractivity contribution in [2.24, 2.45) is 0 Å². The van der Waals surface area contributed by atoms with Gasteiger partial charge in [-0.1, -0.05) is 19.1 Å². The summed E-state index contributed by atoms with van der Waals surface area (Å²) < 4.78 is 13.2. The van der Waals surface area contributed by atoms with E-state index in [9.17, 15) is 4.39 Å². The lowest BCUT2D eigenvalue weighted by Gasteiger charge is -2.17. The standard InChI is InChI=1S/C13H15FN2S/c1-2-16-13(7-12-8-15-9-17-12)10-4-3-5-11(14)6-10/h3-6,8-9,13,16H,2,7H2,1H3. The van der Waals surface area contributed by atoms with Crippen molar-refractivity contribution in [2.45, 2.75) is 19.4 Å². The summed E-state index contributed by atoms with van der Waals surface area (Å²) in [6, 6.07) is 6.92. The minimum atomic E-state index is -0.185. The maximum atomic E-state index is 13.2. The molecule has 0 aliphatic carbocycles. The second kappa shape index (κ2) is 5.89. The predicted octanol–water partition coefficient (Wildman–Crippen LogP) is 3.18. The number of aromatic nitrogens is 1. The molecular weight excluding hydrogens is 235 g/mol. The van der Waals surface area contributed by atoms with Crippen LogP contribution in [-0.2, 0) is 6.42 Å². The third-order valence-corrected chi connectivity index (χ3v) is 3.39. The molecule has 1 atom stereocenters. The highest BCUT2D eigenvalue weighted by Gasteiger charge is 2.12. The highest BCUT2D eigenvalue weighted by Crippen LogP contribution is 2.21. The average Bonchev–Trinajstić information content (AvgIpc) is 2.81. The second-order valence-corrected chi connectivity index (χ2v) is 4.81. The lowest BCUT2D eigenvalue weighted by molar-refractivity contribution is 0.545. The van der Waals surface area contributed by atoms with Crippen molar-refractivity contribution in [3.8, 4) is 0 Å². The summed E-state index contributed by atoms with van der Waals surface area (Å²) in [5.41, 5.74) is 2.81. The van der Waals surface area contributed by atoms with Crippen molar-refractivity contribution in [3.63, 3.8) is 0 Å². The Morgan fingerprint density at radius 2 is 2.35 bits per heavy atom. The Morgan fingerprint density at radius 1 is 1.47 bits per heavy atom. The Hall–Kier alpha value is -1.26. The SMILES string of the molecule is CCNC(Cc1cncs1)c1cccc(F)c1. The van der Waals surface area contributed by atoms with Crippen molar-refractivity contribution >= 4 is 11.3 Å². The largest absolute Gasteiger partial charge is 0.310 e. The van der Waals surface area contributed by atoms with Crippen LogP contribution in [0.3, 0.4) is 0 Å². The summed E-state index contributed by atoms with van der Waals surface area (Å²) in [7, 11) is 0. The van der Waals surface area contributed by atoms with Gasteiger partial charge < -0.3 is 5.32 Å². The molecule has 17 heavy (non-hydrogen) atoms. The van der Waals surface area contributed by atoms with Crippen LogP contribution in [0.4, 0.5) is 4.39 Å². The number of benzene rings is 1. The van der Waals surface area contributed by atoms with Gasteiger partial charge in [0.1, 0.15) is 5.82 Å². The summed E-state index contributed by atoms with van der Waals surface area (Å²) in [6.07, 6.45) is 2.72. The normalized spacial score (nSPS) is 12.6. The molecule has 0 bridgehead atoms. The molecule has 1 N–H and O–H groups in total. The summed E-state index contributed by atoms with van der Waals surface area (Å²) in [5.74, 6) is -0.185. The van der Waals surface area contributed by atoms with E-state index in [1.165, 1.54) is 10.9 Å². The second-order valence-electron chi connectivity index (χ2n) is 3.84. The lowest BCUT2D eigenvalue weighted by Crippen LogP contribution is -2.22. The first-order chi connectivity index (χ1) is 8.29.